The monoisotopic (exact) mass is 288 g/mol. The molecule has 0 unspecified atom stereocenters. The summed E-state index contributed by atoms with van der Waals surface area (Å²) in [4.78, 5) is 5.13. The highest BCUT2D eigenvalue weighted by Crippen LogP contribution is 2.30. The molecular weight excluding hydrogens is 275 g/mol. The van der Waals surface area contributed by atoms with Gasteiger partial charge in [-0.05, 0) is 60.6 Å². The number of benzene rings is 2. The number of hydrogen-bond acceptors (Lipinski definition) is 4. The predicted octanol–water partition coefficient (Wildman–Crippen LogP) is 3.62. The molecule has 2 N–H and O–H groups in total. The average molecular weight is 288 g/mol. The second-order valence-corrected chi connectivity index (χ2v) is 5.41. The van der Waals surface area contributed by atoms with Gasteiger partial charge in [-0.3, -0.25) is 0 Å². The van der Waals surface area contributed by atoms with E-state index in [0.29, 0.717) is 18.2 Å². The summed E-state index contributed by atoms with van der Waals surface area (Å²) in [5.74, 6) is -0.269. The lowest BCUT2D eigenvalue weighted by Crippen LogP contribution is -2.02. The van der Waals surface area contributed by atoms with E-state index >= 15 is 0 Å². The molecule has 0 saturated heterocycles. The van der Waals surface area contributed by atoms with Crippen LogP contribution in [0.1, 0.15) is 5.56 Å². The summed E-state index contributed by atoms with van der Waals surface area (Å²) in [5.41, 5.74) is 7.91. The van der Waals surface area contributed by atoms with E-state index in [9.17, 15) is 4.39 Å². The molecule has 1 heterocycles. The van der Waals surface area contributed by atoms with Crippen LogP contribution < -0.4 is 5.73 Å². The Morgan fingerprint density at radius 3 is 2.85 bits per heavy atom. The molecule has 0 radical (unpaired) electrons. The number of hydrogen-bond donors (Lipinski definition) is 1. The van der Waals surface area contributed by atoms with Gasteiger partial charge in [0, 0.05) is 4.90 Å². The van der Waals surface area contributed by atoms with Crippen LogP contribution in [-0.2, 0) is 6.42 Å². The van der Waals surface area contributed by atoms with Gasteiger partial charge in [0.15, 0.2) is 5.58 Å². The van der Waals surface area contributed by atoms with Crippen LogP contribution in [0.5, 0.6) is 0 Å². The second kappa shape index (κ2) is 5.64. The Hall–Kier alpha value is -1.85. The van der Waals surface area contributed by atoms with Crippen molar-refractivity contribution in [2.45, 2.75) is 16.5 Å². The fourth-order valence-corrected chi connectivity index (χ4v) is 2.85. The van der Waals surface area contributed by atoms with Crippen LogP contribution in [0, 0.1) is 5.82 Å². The van der Waals surface area contributed by atoms with E-state index in [0.717, 1.165) is 21.6 Å². The molecule has 2 aromatic carbocycles. The Labute approximate surface area is 120 Å². The van der Waals surface area contributed by atoms with E-state index in [4.69, 9.17) is 10.2 Å². The van der Waals surface area contributed by atoms with Gasteiger partial charge in [-0.25, -0.2) is 9.37 Å². The van der Waals surface area contributed by atoms with Crippen LogP contribution in [0.2, 0.25) is 0 Å². The third-order valence-electron chi connectivity index (χ3n) is 2.84. The zero-order chi connectivity index (χ0) is 13.9. The average Bonchev–Trinajstić information content (AvgIpc) is 2.80. The van der Waals surface area contributed by atoms with Crippen molar-refractivity contribution >= 4 is 22.9 Å². The SMILES string of the molecule is NCCc1cc(F)cc(Sc2nc3ccccc3o2)c1. The Bertz CT molecular complexity index is 709. The molecule has 1 aromatic heterocycles. The summed E-state index contributed by atoms with van der Waals surface area (Å²) >= 11 is 1.31. The maximum Gasteiger partial charge on any atom is 0.261 e. The molecular formula is C15H13FN2OS. The molecule has 0 aliphatic heterocycles. The van der Waals surface area contributed by atoms with E-state index in [2.05, 4.69) is 4.98 Å². The standard InChI is InChI=1S/C15H13FN2OS/c16-11-7-10(5-6-17)8-12(9-11)20-15-18-13-3-1-2-4-14(13)19-15/h1-4,7-9H,5-6,17H2. The predicted molar refractivity (Wildman–Crippen MR) is 77.3 cm³/mol. The number of rotatable bonds is 4. The summed E-state index contributed by atoms with van der Waals surface area (Å²) in [7, 11) is 0. The highest BCUT2D eigenvalue weighted by atomic mass is 32.2. The molecule has 0 aliphatic rings. The lowest BCUT2D eigenvalue weighted by molar-refractivity contribution is 0.489. The van der Waals surface area contributed by atoms with Crippen LogP contribution in [0.15, 0.2) is 57.0 Å². The molecule has 0 atom stereocenters. The molecule has 0 saturated carbocycles. The quantitative estimate of drug-likeness (QED) is 0.796. The zero-order valence-corrected chi connectivity index (χ0v) is 11.5. The van der Waals surface area contributed by atoms with E-state index < -0.39 is 0 Å². The van der Waals surface area contributed by atoms with Crippen molar-refractivity contribution in [3.8, 4) is 0 Å². The lowest BCUT2D eigenvalue weighted by Gasteiger charge is -2.03. The molecule has 0 fully saturated rings. The Kier molecular flexibility index (Phi) is 3.71. The summed E-state index contributed by atoms with van der Waals surface area (Å²) in [5, 5.41) is 0.510. The van der Waals surface area contributed by atoms with E-state index in [-0.39, 0.29) is 5.82 Å². The number of para-hydroxylation sites is 2. The maximum absolute atomic E-state index is 13.6. The van der Waals surface area contributed by atoms with Gasteiger partial charge < -0.3 is 10.2 Å². The van der Waals surface area contributed by atoms with Gasteiger partial charge in [-0.1, -0.05) is 12.1 Å². The third kappa shape index (κ3) is 2.84. The second-order valence-electron chi connectivity index (χ2n) is 4.38. The largest absolute Gasteiger partial charge is 0.431 e. The summed E-state index contributed by atoms with van der Waals surface area (Å²) in [6.45, 7) is 0.496. The lowest BCUT2D eigenvalue weighted by atomic mass is 10.1. The van der Waals surface area contributed by atoms with Gasteiger partial charge >= 0.3 is 0 Å². The number of halogens is 1. The van der Waals surface area contributed by atoms with Crippen LogP contribution in [0.3, 0.4) is 0 Å². The van der Waals surface area contributed by atoms with Gasteiger partial charge in [0.05, 0.1) is 0 Å². The van der Waals surface area contributed by atoms with Crippen molar-refractivity contribution in [2.24, 2.45) is 5.73 Å². The molecule has 0 amide bonds. The van der Waals surface area contributed by atoms with E-state index in [1.165, 1.54) is 23.9 Å². The smallest absolute Gasteiger partial charge is 0.261 e. The van der Waals surface area contributed by atoms with Crippen molar-refractivity contribution in [1.82, 2.24) is 4.98 Å². The van der Waals surface area contributed by atoms with Crippen LogP contribution in [0.25, 0.3) is 11.1 Å². The number of oxazole rings is 1. The number of nitrogens with two attached hydrogens (primary N) is 1. The van der Waals surface area contributed by atoms with Crippen molar-refractivity contribution in [2.75, 3.05) is 6.54 Å². The highest BCUT2D eigenvalue weighted by Gasteiger charge is 2.09. The van der Waals surface area contributed by atoms with E-state index in [1.54, 1.807) is 0 Å². The molecule has 0 spiro atoms. The van der Waals surface area contributed by atoms with Gasteiger partial charge in [0.2, 0.25) is 0 Å². The van der Waals surface area contributed by atoms with Gasteiger partial charge in [-0.2, -0.15) is 0 Å². The van der Waals surface area contributed by atoms with Crippen molar-refractivity contribution < 1.29 is 8.81 Å². The minimum absolute atomic E-state index is 0.269. The van der Waals surface area contributed by atoms with Crippen molar-refractivity contribution in [3.63, 3.8) is 0 Å². The zero-order valence-electron chi connectivity index (χ0n) is 10.7. The molecule has 5 heteroatoms. The number of fused-ring (bicyclic) bond motifs is 1. The fraction of sp³-hybridized carbons (Fsp3) is 0.133. The third-order valence-corrected chi connectivity index (χ3v) is 3.66. The number of aromatic nitrogens is 1. The molecule has 3 aromatic rings. The Morgan fingerprint density at radius 1 is 1.20 bits per heavy atom. The number of nitrogens with zero attached hydrogens (tertiary/aromatic N) is 1. The van der Waals surface area contributed by atoms with Gasteiger partial charge in [0.25, 0.3) is 5.22 Å². The van der Waals surface area contributed by atoms with Gasteiger partial charge in [-0.15, -0.1) is 0 Å². The molecule has 0 bridgehead atoms. The molecule has 3 rings (SSSR count). The van der Waals surface area contributed by atoms with Crippen molar-refractivity contribution in [1.29, 1.82) is 0 Å². The molecule has 20 heavy (non-hydrogen) atoms. The maximum atomic E-state index is 13.6. The Morgan fingerprint density at radius 2 is 2.05 bits per heavy atom. The first kappa shape index (κ1) is 13.1. The van der Waals surface area contributed by atoms with E-state index in [1.807, 2.05) is 30.3 Å². The minimum Gasteiger partial charge on any atom is -0.431 e. The Balaban J connectivity index is 1.90. The summed E-state index contributed by atoms with van der Waals surface area (Å²) in [6.07, 6.45) is 0.652. The molecule has 0 aliphatic carbocycles. The summed E-state index contributed by atoms with van der Waals surface area (Å²) in [6, 6.07) is 12.4. The van der Waals surface area contributed by atoms with Gasteiger partial charge in [0.1, 0.15) is 11.3 Å². The fourth-order valence-electron chi connectivity index (χ4n) is 1.99. The van der Waals surface area contributed by atoms with Crippen molar-refractivity contribution in [3.05, 3.63) is 53.8 Å². The highest BCUT2D eigenvalue weighted by molar-refractivity contribution is 7.99. The first-order chi connectivity index (χ1) is 9.74. The topological polar surface area (TPSA) is 52.0 Å². The summed E-state index contributed by atoms with van der Waals surface area (Å²) < 4.78 is 19.2. The minimum atomic E-state index is -0.269. The van der Waals surface area contributed by atoms with Crippen LogP contribution >= 0.6 is 11.8 Å². The first-order valence-electron chi connectivity index (χ1n) is 6.27. The normalized spacial score (nSPS) is 11.1. The van der Waals surface area contributed by atoms with Crippen LogP contribution in [0.4, 0.5) is 4.39 Å². The molecule has 3 nitrogen and oxygen atoms in total. The van der Waals surface area contributed by atoms with Crippen LogP contribution in [-0.4, -0.2) is 11.5 Å². The first-order valence-corrected chi connectivity index (χ1v) is 7.09. The molecule has 102 valence electrons.